The van der Waals surface area contributed by atoms with E-state index in [0.717, 1.165) is 31.8 Å². The first-order chi connectivity index (χ1) is 27.3. The normalized spacial score (nSPS) is 24.6. The van der Waals surface area contributed by atoms with Gasteiger partial charge in [-0.3, -0.25) is 0 Å². The van der Waals surface area contributed by atoms with Gasteiger partial charge in [0.05, 0.1) is 0 Å². The zero-order valence-electron chi connectivity index (χ0n) is 32.2. The molecule has 9 fully saturated rings. The first kappa shape index (κ1) is 39.8. The molecule has 6 aromatic carbocycles. The molecule has 57 heavy (non-hydrogen) atoms. The van der Waals surface area contributed by atoms with Crippen LogP contribution in [0.25, 0.3) is 0 Å². The fourth-order valence-electron chi connectivity index (χ4n) is 7.25. The fraction of sp³-hybridized carbons (Fsp3) is 0.143. The van der Waals surface area contributed by atoms with Gasteiger partial charge in [0.1, 0.15) is 0 Å². The number of hydrogen-bond acceptors (Lipinski definition) is 9. The molecule has 15 rings (SSSR count). The Morgan fingerprint density at radius 3 is 0.439 bits per heavy atom. The maximum atomic E-state index is 6.12. The van der Waals surface area contributed by atoms with Crippen LogP contribution in [0.4, 0.5) is 0 Å². The Labute approximate surface area is 360 Å². The second kappa shape index (κ2) is 13.9. The molecule has 6 aromatic rings. The Bertz CT molecular complexity index is 2040. The standard InChI is InChI=1S/3C14H14O3P.3Sb/c3*1-11-3-7-13(8-4-11)18(15,16,17)14-9-5-12(2)6-10-14;;;/h3*3-10H,1-2H3;;;/q3*-3;3*+3. The van der Waals surface area contributed by atoms with Crippen molar-refractivity contribution >= 4 is 118 Å². The van der Waals surface area contributed by atoms with Gasteiger partial charge in [0, 0.05) is 0 Å². The van der Waals surface area contributed by atoms with Crippen LogP contribution in [0.2, 0.25) is 0 Å². The van der Waals surface area contributed by atoms with Gasteiger partial charge in [0.2, 0.25) is 0 Å². The van der Waals surface area contributed by atoms with E-state index in [1.807, 2.05) is 0 Å². The molecular formula is C42H42O9P3Sb3. The van der Waals surface area contributed by atoms with Gasteiger partial charge >= 0.3 is 364 Å². The van der Waals surface area contributed by atoms with Crippen LogP contribution >= 0.6 is 21.9 Å². The summed E-state index contributed by atoms with van der Waals surface area (Å²) in [6.07, 6.45) is 0. The van der Waals surface area contributed by atoms with E-state index in [2.05, 4.69) is 187 Å². The molecule has 0 amide bonds. The molecule has 0 N–H and O–H groups in total. The van der Waals surface area contributed by atoms with Gasteiger partial charge in [-0.1, -0.05) is 0 Å². The quantitative estimate of drug-likeness (QED) is 0.123. The summed E-state index contributed by atoms with van der Waals surface area (Å²) in [6, 6.07) is 49.9. The Morgan fingerprint density at radius 1 is 0.228 bits per heavy atom. The second-order valence-electron chi connectivity index (χ2n) is 15.1. The van der Waals surface area contributed by atoms with Gasteiger partial charge in [-0.25, -0.2) is 0 Å². The van der Waals surface area contributed by atoms with E-state index in [9.17, 15) is 0 Å². The molecule has 9 aliphatic heterocycles. The summed E-state index contributed by atoms with van der Waals surface area (Å²) in [6.45, 7) is 12.4. The average Bonchev–Trinajstić information content (AvgIpc) is 3.11. The molecule has 0 aromatic heterocycles. The number of aryl methyl sites for hydroxylation is 6. The zero-order valence-corrected chi connectivity index (χ0v) is 42.6. The number of rotatable bonds is 6. The predicted molar refractivity (Wildman–Crippen MR) is 233 cm³/mol. The topological polar surface area (TPSA) is 83.1 Å². The van der Waals surface area contributed by atoms with E-state index < -0.39 is 86.3 Å². The van der Waals surface area contributed by atoms with E-state index in [1.165, 1.54) is 33.4 Å². The van der Waals surface area contributed by atoms with E-state index in [1.54, 1.807) is 0 Å². The molecule has 0 saturated carbocycles. The van der Waals surface area contributed by atoms with Crippen LogP contribution in [0.15, 0.2) is 146 Å². The van der Waals surface area contributed by atoms with Crippen molar-refractivity contribution in [1.29, 1.82) is 0 Å². The molecule has 294 valence electrons. The maximum absolute atomic E-state index is 6.12. The summed E-state index contributed by atoms with van der Waals surface area (Å²) in [5.41, 5.74) is 7.35. The van der Waals surface area contributed by atoms with Crippen LogP contribution < -0.4 is 31.8 Å². The summed E-state index contributed by atoms with van der Waals surface area (Å²) in [7, 11) is -9.31. The van der Waals surface area contributed by atoms with Crippen LogP contribution in [0.3, 0.4) is 0 Å². The molecule has 9 aliphatic rings. The Morgan fingerprint density at radius 2 is 0.351 bits per heavy atom. The van der Waals surface area contributed by atoms with E-state index in [4.69, 9.17) is 25.2 Å². The molecule has 15 heteroatoms. The van der Waals surface area contributed by atoms with Gasteiger partial charge in [-0.05, 0) is 0 Å². The number of benzene rings is 6. The van der Waals surface area contributed by atoms with Crippen LogP contribution in [0, 0.1) is 41.5 Å². The Balaban J connectivity index is 0.000000104. The van der Waals surface area contributed by atoms with Gasteiger partial charge in [0.25, 0.3) is 0 Å². The second-order valence-corrected chi connectivity index (χ2v) is 41.3. The molecule has 9 heterocycles. The van der Waals surface area contributed by atoms with Crippen molar-refractivity contribution in [3.05, 3.63) is 179 Å². The monoisotopic (exact) mass is 1150 g/mol. The molecular weight excluding hydrogens is 1110 g/mol. The van der Waals surface area contributed by atoms with Crippen LogP contribution in [-0.4, -0.2) is 64.4 Å². The van der Waals surface area contributed by atoms with Crippen LogP contribution in [0.5, 0.6) is 0 Å². The summed E-state index contributed by atoms with van der Waals surface area (Å²) in [5, 5.41) is 6.29. The summed E-state index contributed by atoms with van der Waals surface area (Å²) in [5.74, 6) is 0. The minimum absolute atomic E-state index is 1.05. The summed E-state index contributed by atoms with van der Waals surface area (Å²) in [4.78, 5) is 0. The molecule has 0 unspecified atom stereocenters. The van der Waals surface area contributed by atoms with E-state index >= 15 is 0 Å². The van der Waals surface area contributed by atoms with Crippen molar-refractivity contribution in [2.45, 2.75) is 41.5 Å². The third kappa shape index (κ3) is 5.88. The molecule has 0 spiro atoms. The van der Waals surface area contributed by atoms with Crippen molar-refractivity contribution < 1.29 is 25.2 Å². The zero-order chi connectivity index (χ0) is 39.3. The summed E-state index contributed by atoms with van der Waals surface area (Å²) >= 11 is -6.54. The first-order valence-electron chi connectivity index (χ1n) is 18.6. The van der Waals surface area contributed by atoms with Crippen molar-refractivity contribution in [1.82, 2.24) is 0 Å². The SMILES string of the molecule is Cc1ccc(P23(c4ccc(C)cc4)[O][Sb]([O]2)[O]3)cc1.Cc1ccc(P23(c4ccc(C)cc4)[O][Sb]([O]2)[O]3)cc1.Cc1ccc(P23(c4ccc(C)cc4)[O][Sb]([O]2)[O]3)cc1. The average molecular weight is 1150 g/mol. The van der Waals surface area contributed by atoms with Gasteiger partial charge in [-0.2, -0.15) is 0 Å². The van der Waals surface area contributed by atoms with Gasteiger partial charge < -0.3 is 0 Å². The van der Waals surface area contributed by atoms with Crippen LogP contribution in [0.1, 0.15) is 33.4 Å². The van der Waals surface area contributed by atoms with Gasteiger partial charge in [-0.15, -0.1) is 0 Å². The van der Waals surface area contributed by atoms with Crippen molar-refractivity contribution in [3.63, 3.8) is 0 Å². The van der Waals surface area contributed by atoms with Gasteiger partial charge in [0.15, 0.2) is 0 Å². The van der Waals surface area contributed by atoms with E-state index in [-0.39, 0.29) is 0 Å². The molecule has 0 aliphatic carbocycles. The molecule has 0 radical (unpaired) electrons. The molecule has 0 atom stereocenters. The molecule has 6 bridgehead atoms. The van der Waals surface area contributed by atoms with E-state index in [0.29, 0.717) is 0 Å². The van der Waals surface area contributed by atoms with Crippen LogP contribution in [-0.2, 0) is 25.2 Å². The third-order valence-corrected chi connectivity index (χ3v) is 54.9. The fourth-order valence-corrected chi connectivity index (χ4v) is 50.3. The Hall–Kier alpha value is -1.30. The first-order valence-corrected chi connectivity index (χ1v) is 33.9. The summed E-state index contributed by atoms with van der Waals surface area (Å²) < 4.78 is 55.1. The minimum atomic E-state index is -3.10. The van der Waals surface area contributed by atoms with Crippen molar-refractivity contribution in [3.8, 4) is 0 Å². The third-order valence-electron chi connectivity index (χ3n) is 10.8. The van der Waals surface area contributed by atoms with Crippen molar-refractivity contribution in [2.75, 3.05) is 0 Å². The number of hydrogen-bond donors (Lipinski definition) is 0. The van der Waals surface area contributed by atoms with Crippen molar-refractivity contribution in [2.24, 2.45) is 0 Å². The molecule has 9 saturated heterocycles. The molecule has 9 nitrogen and oxygen atoms in total. The predicted octanol–water partition coefficient (Wildman–Crippen LogP) is 7.84. The Kier molecular flexibility index (Phi) is 9.68.